The first-order valence-corrected chi connectivity index (χ1v) is 7.96. The summed E-state index contributed by atoms with van der Waals surface area (Å²) in [6.45, 7) is 2.99. The molecule has 1 aromatic carbocycles. The molecule has 0 radical (unpaired) electrons. The Kier molecular flexibility index (Phi) is 4.66. The molecule has 1 aliphatic heterocycles. The molecule has 5 heteroatoms. The lowest BCUT2D eigenvalue weighted by molar-refractivity contribution is -0.122. The van der Waals surface area contributed by atoms with E-state index in [0.717, 1.165) is 39.5 Å². The first-order chi connectivity index (χ1) is 8.57. The third-order valence-corrected chi connectivity index (χ3v) is 5.80. The van der Waals surface area contributed by atoms with E-state index >= 15 is 0 Å². The van der Waals surface area contributed by atoms with Gasteiger partial charge in [-0.05, 0) is 82.5 Å². The van der Waals surface area contributed by atoms with Crippen molar-refractivity contribution in [1.82, 2.24) is 5.32 Å². The summed E-state index contributed by atoms with van der Waals surface area (Å²) in [6, 6.07) is 5.86. The lowest BCUT2D eigenvalue weighted by Crippen LogP contribution is -2.50. The van der Waals surface area contributed by atoms with Crippen molar-refractivity contribution in [3.63, 3.8) is 0 Å². The minimum absolute atomic E-state index is 0.0793. The van der Waals surface area contributed by atoms with Crippen molar-refractivity contribution in [2.75, 3.05) is 11.9 Å². The second-order valence-electron chi connectivity index (χ2n) is 4.55. The second kappa shape index (κ2) is 5.88. The van der Waals surface area contributed by atoms with Crippen LogP contribution in [0.4, 0.5) is 5.69 Å². The van der Waals surface area contributed by atoms with Crippen molar-refractivity contribution in [1.29, 1.82) is 0 Å². The standard InChI is InChI=1S/C13H16BrIN2O/c1-2-13(6-3-7-16-13)12(18)17-9-4-5-11(15)10(14)8-9/h4-5,8,16H,2-3,6-7H2,1H3,(H,17,18). The Morgan fingerprint density at radius 1 is 1.61 bits per heavy atom. The van der Waals surface area contributed by atoms with Crippen LogP contribution in [0.2, 0.25) is 0 Å². The van der Waals surface area contributed by atoms with Crippen molar-refractivity contribution in [2.45, 2.75) is 31.7 Å². The molecule has 1 atom stereocenters. The molecule has 0 bridgehead atoms. The van der Waals surface area contributed by atoms with Gasteiger partial charge in [0.15, 0.2) is 0 Å². The van der Waals surface area contributed by atoms with Crippen LogP contribution in [0.25, 0.3) is 0 Å². The van der Waals surface area contributed by atoms with E-state index in [2.05, 4.69) is 56.1 Å². The zero-order valence-corrected chi connectivity index (χ0v) is 14.0. The molecule has 18 heavy (non-hydrogen) atoms. The van der Waals surface area contributed by atoms with Crippen LogP contribution in [0.3, 0.4) is 0 Å². The molecular formula is C13H16BrIN2O. The molecule has 1 unspecified atom stereocenters. The number of anilines is 1. The Bertz CT molecular complexity index is 458. The van der Waals surface area contributed by atoms with Crippen LogP contribution in [0.1, 0.15) is 26.2 Å². The lowest BCUT2D eigenvalue weighted by atomic mass is 9.93. The van der Waals surface area contributed by atoms with Crippen LogP contribution in [0.15, 0.2) is 22.7 Å². The Labute approximate surface area is 129 Å². The van der Waals surface area contributed by atoms with E-state index in [1.165, 1.54) is 0 Å². The number of hydrogen-bond acceptors (Lipinski definition) is 2. The molecule has 1 aromatic rings. The average Bonchev–Trinajstić information content (AvgIpc) is 2.84. The molecule has 0 aromatic heterocycles. The van der Waals surface area contributed by atoms with Gasteiger partial charge in [0, 0.05) is 13.7 Å². The zero-order chi connectivity index (χ0) is 13.2. The fourth-order valence-corrected chi connectivity index (χ4v) is 3.00. The molecule has 0 aliphatic carbocycles. The maximum Gasteiger partial charge on any atom is 0.244 e. The zero-order valence-electron chi connectivity index (χ0n) is 10.2. The number of rotatable bonds is 3. The highest BCUT2D eigenvalue weighted by atomic mass is 127. The molecule has 0 saturated carbocycles. The molecule has 1 heterocycles. The van der Waals surface area contributed by atoms with Gasteiger partial charge in [0.1, 0.15) is 0 Å². The van der Waals surface area contributed by atoms with Gasteiger partial charge < -0.3 is 10.6 Å². The second-order valence-corrected chi connectivity index (χ2v) is 6.57. The van der Waals surface area contributed by atoms with Gasteiger partial charge >= 0.3 is 0 Å². The van der Waals surface area contributed by atoms with Gasteiger partial charge in [-0.2, -0.15) is 0 Å². The minimum atomic E-state index is -0.379. The fraction of sp³-hybridized carbons (Fsp3) is 0.462. The third kappa shape index (κ3) is 2.88. The average molecular weight is 423 g/mol. The summed E-state index contributed by atoms with van der Waals surface area (Å²) in [5.74, 6) is 0.0793. The van der Waals surface area contributed by atoms with Crippen LogP contribution in [-0.2, 0) is 4.79 Å². The van der Waals surface area contributed by atoms with Gasteiger partial charge in [-0.1, -0.05) is 6.92 Å². The highest BCUT2D eigenvalue weighted by Gasteiger charge is 2.39. The molecule has 3 nitrogen and oxygen atoms in total. The number of amides is 1. The monoisotopic (exact) mass is 422 g/mol. The van der Waals surface area contributed by atoms with Gasteiger partial charge in [-0.15, -0.1) is 0 Å². The Morgan fingerprint density at radius 2 is 2.39 bits per heavy atom. The number of halogens is 2. The van der Waals surface area contributed by atoms with E-state index < -0.39 is 0 Å². The predicted molar refractivity (Wildman–Crippen MR) is 85.7 cm³/mol. The molecular weight excluding hydrogens is 407 g/mol. The molecule has 2 rings (SSSR count). The van der Waals surface area contributed by atoms with Gasteiger partial charge in [0.25, 0.3) is 0 Å². The molecule has 98 valence electrons. The largest absolute Gasteiger partial charge is 0.324 e. The van der Waals surface area contributed by atoms with Crippen molar-refractivity contribution in [2.24, 2.45) is 0 Å². The number of nitrogens with one attached hydrogen (secondary N) is 2. The van der Waals surface area contributed by atoms with Crippen LogP contribution in [0.5, 0.6) is 0 Å². The van der Waals surface area contributed by atoms with E-state index in [0.29, 0.717) is 0 Å². The summed E-state index contributed by atoms with van der Waals surface area (Å²) in [7, 11) is 0. The SMILES string of the molecule is CCC1(C(=O)Nc2ccc(I)c(Br)c2)CCCN1. The molecule has 2 N–H and O–H groups in total. The summed E-state index contributed by atoms with van der Waals surface area (Å²) >= 11 is 5.73. The fourth-order valence-electron chi connectivity index (χ4n) is 2.29. The first-order valence-electron chi connectivity index (χ1n) is 6.09. The van der Waals surface area contributed by atoms with Gasteiger partial charge in [-0.25, -0.2) is 0 Å². The van der Waals surface area contributed by atoms with Crippen molar-refractivity contribution >= 4 is 50.1 Å². The number of carbonyl (C=O) groups is 1. The topological polar surface area (TPSA) is 41.1 Å². The van der Waals surface area contributed by atoms with Crippen molar-refractivity contribution in [3.8, 4) is 0 Å². The van der Waals surface area contributed by atoms with E-state index in [4.69, 9.17) is 0 Å². The van der Waals surface area contributed by atoms with Crippen LogP contribution >= 0.6 is 38.5 Å². The van der Waals surface area contributed by atoms with Crippen LogP contribution in [0, 0.1) is 3.57 Å². The minimum Gasteiger partial charge on any atom is -0.324 e. The molecule has 1 fully saturated rings. The first kappa shape index (κ1) is 14.3. The Balaban J connectivity index is 2.13. The van der Waals surface area contributed by atoms with E-state index in [9.17, 15) is 4.79 Å². The van der Waals surface area contributed by atoms with Gasteiger partial charge in [-0.3, -0.25) is 4.79 Å². The summed E-state index contributed by atoms with van der Waals surface area (Å²) < 4.78 is 2.14. The highest BCUT2D eigenvalue weighted by molar-refractivity contribution is 14.1. The summed E-state index contributed by atoms with van der Waals surface area (Å²) in [5, 5.41) is 6.35. The summed E-state index contributed by atoms with van der Waals surface area (Å²) in [6.07, 6.45) is 2.81. The number of benzene rings is 1. The van der Waals surface area contributed by atoms with E-state index in [-0.39, 0.29) is 11.4 Å². The van der Waals surface area contributed by atoms with Gasteiger partial charge in [0.05, 0.1) is 5.54 Å². The Hall–Kier alpha value is -0.140. The molecule has 1 aliphatic rings. The normalized spacial score (nSPS) is 23.1. The third-order valence-electron chi connectivity index (χ3n) is 3.46. The Morgan fingerprint density at radius 3 is 2.94 bits per heavy atom. The lowest BCUT2D eigenvalue weighted by Gasteiger charge is -2.26. The molecule has 0 spiro atoms. The molecule has 1 saturated heterocycles. The van der Waals surface area contributed by atoms with Crippen LogP contribution < -0.4 is 10.6 Å². The molecule has 1 amide bonds. The van der Waals surface area contributed by atoms with Crippen LogP contribution in [-0.4, -0.2) is 18.0 Å². The van der Waals surface area contributed by atoms with E-state index in [1.54, 1.807) is 0 Å². The van der Waals surface area contributed by atoms with Crippen molar-refractivity contribution < 1.29 is 4.79 Å². The summed E-state index contributed by atoms with van der Waals surface area (Å²) in [5.41, 5.74) is 0.462. The number of carbonyl (C=O) groups excluding carboxylic acids is 1. The number of hydrogen-bond donors (Lipinski definition) is 2. The summed E-state index contributed by atoms with van der Waals surface area (Å²) in [4.78, 5) is 12.4. The van der Waals surface area contributed by atoms with Crippen molar-refractivity contribution in [3.05, 3.63) is 26.2 Å². The quantitative estimate of drug-likeness (QED) is 0.731. The maximum atomic E-state index is 12.4. The highest BCUT2D eigenvalue weighted by Crippen LogP contribution is 2.27. The maximum absolute atomic E-state index is 12.4. The smallest absolute Gasteiger partial charge is 0.244 e. The van der Waals surface area contributed by atoms with Gasteiger partial charge in [0.2, 0.25) is 5.91 Å². The van der Waals surface area contributed by atoms with E-state index in [1.807, 2.05) is 18.2 Å². The predicted octanol–water partition coefficient (Wildman–Crippen LogP) is 3.52.